The smallest absolute Gasteiger partial charge is 0.167 e. The quantitative estimate of drug-likeness (QED) is 0.620. The second kappa shape index (κ2) is 5.79. The summed E-state index contributed by atoms with van der Waals surface area (Å²) < 4.78 is 27.6. The number of pyridine rings is 1. The van der Waals surface area contributed by atoms with Crippen LogP contribution in [0.25, 0.3) is 0 Å². The van der Waals surface area contributed by atoms with Gasteiger partial charge in [0.2, 0.25) is 0 Å². The van der Waals surface area contributed by atoms with Gasteiger partial charge in [-0.15, -0.1) is 0 Å². The predicted octanol–water partition coefficient (Wildman–Crippen LogP) is 4.16. The molecule has 0 aliphatic rings. The first kappa shape index (κ1) is 14.8. The molecule has 0 amide bonds. The molecule has 1 aromatic carbocycles. The highest BCUT2D eigenvalue weighted by Crippen LogP contribution is 2.23. The van der Waals surface area contributed by atoms with Crippen LogP contribution in [0.1, 0.15) is 27.3 Å². The number of hydrogen-bond donors (Lipinski definition) is 0. The van der Waals surface area contributed by atoms with Gasteiger partial charge in [0, 0.05) is 28.9 Å². The number of aryl methyl sites for hydroxylation is 2. The van der Waals surface area contributed by atoms with E-state index in [-0.39, 0.29) is 22.2 Å². The van der Waals surface area contributed by atoms with Crippen LogP contribution in [-0.4, -0.2) is 10.8 Å². The van der Waals surface area contributed by atoms with Crippen molar-refractivity contribution < 1.29 is 13.6 Å². The van der Waals surface area contributed by atoms with E-state index in [1.54, 1.807) is 26.0 Å². The van der Waals surface area contributed by atoms with Crippen LogP contribution >= 0.6 is 15.9 Å². The lowest BCUT2D eigenvalue weighted by atomic mass is 10.0. The molecule has 0 atom stereocenters. The van der Waals surface area contributed by atoms with Gasteiger partial charge < -0.3 is 0 Å². The van der Waals surface area contributed by atoms with Crippen LogP contribution in [0.4, 0.5) is 8.78 Å². The molecule has 0 N–H and O–H groups in total. The van der Waals surface area contributed by atoms with Gasteiger partial charge in [0.25, 0.3) is 0 Å². The van der Waals surface area contributed by atoms with E-state index in [4.69, 9.17) is 0 Å². The van der Waals surface area contributed by atoms with E-state index in [2.05, 4.69) is 20.9 Å². The van der Waals surface area contributed by atoms with Gasteiger partial charge >= 0.3 is 0 Å². The number of nitrogens with zero attached hydrogens (tertiary/aromatic N) is 1. The van der Waals surface area contributed by atoms with Crippen molar-refractivity contribution in [3.63, 3.8) is 0 Å². The summed E-state index contributed by atoms with van der Waals surface area (Å²) >= 11 is 2.99. The predicted molar refractivity (Wildman–Crippen MR) is 75.8 cm³/mol. The third-order valence-electron chi connectivity index (χ3n) is 2.88. The van der Waals surface area contributed by atoms with E-state index in [1.807, 2.05) is 0 Å². The van der Waals surface area contributed by atoms with Crippen LogP contribution in [0.3, 0.4) is 0 Å². The fraction of sp³-hybridized carbons (Fsp3) is 0.200. The minimum atomic E-state index is -0.735. The monoisotopic (exact) mass is 339 g/mol. The summed E-state index contributed by atoms with van der Waals surface area (Å²) in [7, 11) is 0. The average molecular weight is 340 g/mol. The Labute approximate surface area is 124 Å². The van der Waals surface area contributed by atoms with Gasteiger partial charge in [0.15, 0.2) is 5.78 Å². The van der Waals surface area contributed by atoms with Crippen molar-refractivity contribution in [2.45, 2.75) is 20.3 Å². The van der Waals surface area contributed by atoms with Gasteiger partial charge in [-0.05, 0) is 54.0 Å². The molecule has 1 aromatic heterocycles. The Morgan fingerprint density at radius 1 is 1.20 bits per heavy atom. The van der Waals surface area contributed by atoms with Gasteiger partial charge in [0.05, 0.1) is 4.47 Å². The first-order chi connectivity index (χ1) is 9.38. The number of ketones is 1. The Kier molecular flexibility index (Phi) is 4.28. The Balaban J connectivity index is 2.35. The molecule has 20 heavy (non-hydrogen) atoms. The number of hydrogen-bond acceptors (Lipinski definition) is 2. The molecule has 0 saturated carbocycles. The summed E-state index contributed by atoms with van der Waals surface area (Å²) in [6.45, 7) is 3.54. The minimum absolute atomic E-state index is 0.142. The van der Waals surface area contributed by atoms with E-state index in [1.165, 1.54) is 6.07 Å². The zero-order valence-corrected chi connectivity index (χ0v) is 12.6. The highest BCUT2D eigenvalue weighted by atomic mass is 79.9. The summed E-state index contributed by atoms with van der Waals surface area (Å²) in [6.07, 6.45) is -0.319. The number of rotatable bonds is 3. The standard InChI is InChI=1S/C15H12BrF2NO/c1-8-5-10(6-9(2)19-8)14(20)7-11-13(17)4-3-12(16)15(11)18/h3-6H,7H2,1-2H3. The molecule has 0 radical (unpaired) electrons. The van der Waals surface area contributed by atoms with E-state index >= 15 is 0 Å². The second-order valence-corrected chi connectivity index (χ2v) is 5.41. The molecule has 0 aliphatic carbocycles. The van der Waals surface area contributed by atoms with E-state index in [0.29, 0.717) is 17.0 Å². The molecular weight excluding hydrogens is 328 g/mol. The molecule has 2 rings (SSSR count). The van der Waals surface area contributed by atoms with Gasteiger partial charge in [-0.2, -0.15) is 0 Å². The number of Topliss-reactive ketones (excluding diaryl/α,β-unsaturated/α-hetero) is 1. The Morgan fingerprint density at radius 3 is 2.40 bits per heavy atom. The molecule has 0 saturated heterocycles. The third kappa shape index (κ3) is 3.10. The van der Waals surface area contributed by atoms with Crippen LogP contribution in [0.15, 0.2) is 28.7 Å². The van der Waals surface area contributed by atoms with E-state index < -0.39 is 11.6 Å². The molecule has 2 aromatic rings. The lowest BCUT2D eigenvalue weighted by Crippen LogP contribution is -2.09. The topological polar surface area (TPSA) is 30.0 Å². The molecule has 2 nitrogen and oxygen atoms in total. The van der Waals surface area contributed by atoms with Crippen LogP contribution in [0.2, 0.25) is 0 Å². The van der Waals surface area contributed by atoms with Crippen LogP contribution in [0.5, 0.6) is 0 Å². The highest BCUT2D eigenvalue weighted by Gasteiger charge is 2.17. The largest absolute Gasteiger partial charge is 0.294 e. The number of aromatic nitrogens is 1. The van der Waals surface area contributed by atoms with Crippen LogP contribution < -0.4 is 0 Å². The van der Waals surface area contributed by atoms with E-state index in [9.17, 15) is 13.6 Å². The Morgan fingerprint density at radius 2 is 1.80 bits per heavy atom. The van der Waals surface area contributed by atoms with Gasteiger partial charge in [0.1, 0.15) is 11.6 Å². The zero-order valence-electron chi connectivity index (χ0n) is 11.0. The van der Waals surface area contributed by atoms with Crippen LogP contribution in [0, 0.1) is 25.5 Å². The zero-order chi connectivity index (χ0) is 14.9. The van der Waals surface area contributed by atoms with Crippen molar-refractivity contribution in [2.75, 3.05) is 0 Å². The average Bonchev–Trinajstić information content (AvgIpc) is 2.38. The number of benzene rings is 1. The van der Waals surface area contributed by atoms with Crippen molar-refractivity contribution in [3.8, 4) is 0 Å². The van der Waals surface area contributed by atoms with Crippen molar-refractivity contribution in [1.82, 2.24) is 4.98 Å². The molecule has 0 aliphatic heterocycles. The minimum Gasteiger partial charge on any atom is -0.294 e. The summed E-state index contributed by atoms with van der Waals surface area (Å²) in [6, 6.07) is 5.64. The number of carbonyl (C=O) groups excluding carboxylic acids is 1. The Hall–Kier alpha value is -1.62. The lowest BCUT2D eigenvalue weighted by Gasteiger charge is -2.07. The molecule has 0 bridgehead atoms. The van der Waals surface area contributed by atoms with Crippen molar-refractivity contribution in [3.05, 3.63) is 62.9 Å². The first-order valence-corrected chi connectivity index (χ1v) is 6.78. The molecule has 1 heterocycles. The van der Waals surface area contributed by atoms with E-state index in [0.717, 1.165) is 6.07 Å². The fourth-order valence-corrected chi connectivity index (χ4v) is 2.36. The fourth-order valence-electron chi connectivity index (χ4n) is 1.99. The second-order valence-electron chi connectivity index (χ2n) is 4.56. The number of carbonyl (C=O) groups is 1. The summed E-state index contributed by atoms with van der Waals surface area (Å²) in [5.41, 5.74) is 1.58. The molecule has 0 fully saturated rings. The molecular formula is C15H12BrF2NO. The van der Waals surface area contributed by atoms with Gasteiger partial charge in [-0.25, -0.2) is 8.78 Å². The number of halogens is 3. The molecule has 5 heteroatoms. The first-order valence-electron chi connectivity index (χ1n) is 5.99. The maximum atomic E-state index is 13.8. The van der Waals surface area contributed by atoms with Crippen LogP contribution in [-0.2, 0) is 6.42 Å². The summed E-state index contributed by atoms with van der Waals surface area (Å²) in [5, 5.41) is 0. The maximum Gasteiger partial charge on any atom is 0.167 e. The lowest BCUT2D eigenvalue weighted by molar-refractivity contribution is 0.0990. The van der Waals surface area contributed by atoms with Crippen molar-refractivity contribution in [1.29, 1.82) is 0 Å². The molecule has 0 unspecified atom stereocenters. The normalized spacial score (nSPS) is 10.7. The highest BCUT2D eigenvalue weighted by molar-refractivity contribution is 9.10. The SMILES string of the molecule is Cc1cc(C(=O)Cc2c(F)ccc(Br)c2F)cc(C)n1. The molecule has 104 valence electrons. The third-order valence-corrected chi connectivity index (χ3v) is 3.49. The van der Waals surface area contributed by atoms with Crippen molar-refractivity contribution in [2.24, 2.45) is 0 Å². The summed E-state index contributed by atoms with van der Waals surface area (Å²) in [4.78, 5) is 16.3. The Bertz CT molecular complexity index is 666. The van der Waals surface area contributed by atoms with Gasteiger partial charge in [-0.1, -0.05) is 0 Å². The maximum absolute atomic E-state index is 13.8. The van der Waals surface area contributed by atoms with Crippen molar-refractivity contribution >= 4 is 21.7 Å². The van der Waals surface area contributed by atoms with Gasteiger partial charge in [-0.3, -0.25) is 9.78 Å². The summed E-state index contributed by atoms with van der Waals surface area (Å²) in [5.74, 6) is -1.79. The molecule has 0 spiro atoms.